The van der Waals surface area contributed by atoms with Crippen LogP contribution in [0.5, 0.6) is 5.75 Å². The second-order valence-electron chi connectivity index (χ2n) is 7.72. The van der Waals surface area contributed by atoms with E-state index in [1.165, 1.54) is 0 Å². The van der Waals surface area contributed by atoms with Gasteiger partial charge in [0, 0.05) is 36.0 Å². The molecule has 6 nitrogen and oxygen atoms in total. The van der Waals surface area contributed by atoms with Crippen LogP contribution in [-0.4, -0.2) is 51.4 Å². The summed E-state index contributed by atoms with van der Waals surface area (Å²) < 4.78 is 7.60. The zero-order valence-corrected chi connectivity index (χ0v) is 17.9. The molecule has 1 aliphatic carbocycles. The number of aryl methyl sites for hydroxylation is 1. The maximum absolute atomic E-state index is 13.1. The molecule has 156 valence electrons. The van der Waals surface area contributed by atoms with E-state index in [2.05, 4.69) is 0 Å². The lowest BCUT2D eigenvalue weighted by Crippen LogP contribution is -2.47. The predicted molar refractivity (Wildman–Crippen MR) is 113 cm³/mol. The Morgan fingerprint density at radius 1 is 1.17 bits per heavy atom. The van der Waals surface area contributed by atoms with Gasteiger partial charge in [0.25, 0.3) is 5.91 Å². The molecule has 1 aromatic heterocycles. The first kappa shape index (κ1) is 21.2. The van der Waals surface area contributed by atoms with Gasteiger partial charge in [-0.15, -0.1) is 0 Å². The Labute approximate surface area is 177 Å². The molecule has 0 radical (unpaired) electrons. The van der Waals surface area contributed by atoms with Crippen molar-refractivity contribution in [2.45, 2.75) is 45.3 Å². The molecule has 0 N–H and O–H groups in total. The number of rotatable bonds is 9. The Hall–Kier alpha value is -2.47. The molecule has 0 atom stereocenters. The minimum absolute atomic E-state index is 0.0257. The number of aromatic nitrogens is 1. The van der Waals surface area contributed by atoms with Gasteiger partial charge in [-0.1, -0.05) is 11.6 Å². The van der Waals surface area contributed by atoms with Crippen molar-refractivity contribution in [3.05, 3.63) is 53.3 Å². The Kier molecular flexibility index (Phi) is 6.85. The van der Waals surface area contributed by atoms with E-state index in [0.29, 0.717) is 17.3 Å². The quantitative estimate of drug-likeness (QED) is 0.627. The van der Waals surface area contributed by atoms with E-state index < -0.39 is 0 Å². The molecule has 0 unspecified atom stereocenters. The summed E-state index contributed by atoms with van der Waals surface area (Å²) in [6, 6.07) is 11.0. The van der Waals surface area contributed by atoms with Crippen molar-refractivity contribution in [3.8, 4) is 5.75 Å². The summed E-state index contributed by atoms with van der Waals surface area (Å²) in [4.78, 5) is 29.3. The largest absolute Gasteiger partial charge is 0.484 e. The van der Waals surface area contributed by atoms with Crippen LogP contribution in [-0.2, 0) is 23.2 Å². The van der Waals surface area contributed by atoms with Crippen LogP contribution in [0, 0.1) is 0 Å². The van der Waals surface area contributed by atoms with Crippen molar-refractivity contribution in [1.82, 2.24) is 14.4 Å². The zero-order chi connectivity index (χ0) is 21.0. The molecular weight excluding hydrogens is 390 g/mol. The van der Waals surface area contributed by atoms with Gasteiger partial charge in [-0.3, -0.25) is 9.59 Å². The maximum atomic E-state index is 13.1. The van der Waals surface area contributed by atoms with Crippen LogP contribution in [0.25, 0.3) is 0 Å². The van der Waals surface area contributed by atoms with Gasteiger partial charge in [-0.25, -0.2) is 0 Å². The number of hydrogen-bond acceptors (Lipinski definition) is 3. The van der Waals surface area contributed by atoms with Crippen LogP contribution in [0.1, 0.15) is 32.4 Å². The number of benzene rings is 1. The van der Waals surface area contributed by atoms with E-state index in [9.17, 15) is 9.59 Å². The molecule has 2 aromatic rings. The normalized spacial score (nSPS) is 13.4. The summed E-state index contributed by atoms with van der Waals surface area (Å²) in [5.74, 6) is 0.334. The lowest BCUT2D eigenvalue weighted by molar-refractivity contribution is -0.143. The Morgan fingerprint density at radius 3 is 2.41 bits per heavy atom. The third kappa shape index (κ3) is 5.76. The average molecular weight is 418 g/mol. The molecular formula is C22H28ClN3O3. The van der Waals surface area contributed by atoms with E-state index >= 15 is 0 Å². The van der Waals surface area contributed by atoms with Gasteiger partial charge in [0.15, 0.2) is 6.61 Å². The minimum atomic E-state index is -0.210. The number of amides is 2. The summed E-state index contributed by atoms with van der Waals surface area (Å²) >= 11 is 5.87. The maximum Gasteiger partial charge on any atom is 0.261 e. The lowest BCUT2D eigenvalue weighted by Gasteiger charge is -2.30. The fourth-order valence-electron chi connectivity index (χ4n) is 3.20. The number of ether oxygens (including phenoxy) is 1. The van der Waals surface area contributed by atoms with Crippen LogP contribution in [0.2, 0.25) is 5.02 Å². The molecule has 0 aliphatic heterocycles. The zero-order valence-electron chi connectivity index (χ0n) is 17.2. The standard InChI is InChI=1S/C22H28ClN3O3/c1-16(2)25(22(28)15-29-20-10-6-17(23)7-11-20)14-21(27)26(18-8-9-18)13-19-5-4-12-24(19)3/h4-7,10-12,16,18H,8-9,13-15H2,1-3H3. The van der Waals surface area contributed by atoms with Crippen molar-refractivity contribution >= 4 is 23.4 Å². The minimum Gasteiger partial charge on any atom is -0.484 e. The van der Waals surface area contributed by atoms with E-state index in [-0.39, 0.29) is 37.0 Å². The molecule has 1 heterocycles. The predicted octanol–water partition coefficient (Wildman–Crippen LogP) is 3.49. The summed E-state index contributed by atoms with van der Waals surface area (Å²) in [7, 11) is 1.98. The van der Waals surface area contributed by atoms with Crippen LogP contribution in [0.15, 0.2) is 42.6 Å². The van der Waals surface area contributed by atoms with E-state index in [0.717, 1.165) is 18.5 Å². The Bertz CT molecular complexity index is 843. The molecule has 0 bridgehead atoms. The Morgan fingerprint density at radius 2 is 1.86 bits per heavy atom. The topological polar surface area (TPSA) is 54.8 Å². The van der Waals surface area contributed by atoms with Gasteiger partial charge in [0.05, 0.1) is 6.54 Å². The second-order valence-corrected chi connectivity index (χ2v) is 8.16. The van der Waals surface area contributed by atoms with Gasteiger partial charge in [-0.05, 0) is 63.1 Å². The molecule has 2 amide bonds. The van der Waals surface area contributed by atoms with Crippen molar-refractivity contribution in [1.29, 1.82) is 0 Å². The van der Waals surface area contributed by atoms with Crippen molar-refractivity contribution in [3.63, 3.8) is 0 Å². The smallest absolute Gasteiger partial charge is 0.261 e. The average Bonchev–Trinajstić information content (AvgIpc) is 3.45. The monoisotopic (exact) mass is 417 g/mol. The second kappa shape index (κ2) is 9.35. The van der Waals surface area contributed by atoms with Crippen LogP contribution in [0.3, 0.4) is 0 Å². The molecule has 0 saturated heterocycles. The third-order valence-electron chi connectivity index (χ3n) is 5.12. The third-order valence-corrected chi connectivity index (χ3v) is 5.37. The number of hydrogen-bond donors (Lipinski definition) is 0. The lowest BCUT2D eigenvalue weighted by atomic mass is 10.2. The summed E-state index contributed by atoms with van der Waals surface area (Å²) in [5.41, 5.74) is 1.08. The molecule has 1 saturated carbocycles. The summed E-state index contributed by atoms with van der Waals surface area (Å²) in [6.07, 6.45) is 4.01. The first-order valence-corrected chi connectivity index (χ1v) is 10.3. The SMILES string of the molecule is CC(C)N(CC(=O)N(Cc1cccn1C)C1CC1)C(=O)COc1ccc(Cl)cc1. The molecule has 0 spiro atoms. The van der Waals surface area contributed by atoms with Gasteiger partial charge in [-0.2, -0.15) is 0 Å². The summed E-state index contributed by atoms with van der Waals surface area (Å²) in [5, 5.41) is 0.608. The highest BCUT2D eigenvalue weighted by Gasteiger charge is 2.34. The molecule has 29 heavy (non-hydrogen) atoms. The van der Waals surface area contributed by atoms with Crippen LogP contribution in [0.4, 0.5) is 0 Å². The molecule has 1 aliphatic rings. The first-order valence-electron chi connectivity index (χ1n) is 9.92. The van der Waals surface area contributed by atoms with Crippen LogP contribution < -0.4 is 4.74 Å². The fraction of sp³-hybridized carbons (Fsp3) is 0.455. The van der Waals surface area contributed by atoms with Gasteiger partial charge < -0.3 is 19.1 Å². The van der Waals surface area contributed by atoms with Crippen LogP contribution >= 0.6 is 11.6 Å². The number of halogens is 1. The van der Waals surface area contributed by atoms with Gasteiger partial charge >= 0.3 is 0 Å². The van der Waals surface area contributed by atoms with E-state index in [4.69, 9.17) is 16.3 Å². The van der Waals surface area contributed by atoms with Gasteiger partial charge in [0.1, 0.15) is 12.3 Å². The van der Waals surface area contributed by atoms with Gasteiger partial charge in [0.2, 0.25) is 5.91 Å². The summed E-state index contributed by atoms with van der Waals surface area (Å²) in [6.45, 7) is 4.32. The highest BCUT2D eigenvalue weighted by Crippen LogP contribution is 2.28. The molecule has 1 aromatic carbocycles. The van der Waals surface area contributed by atoms with Crippen molar-refractivity contribution in [2.24, 2.45) is 7.05 Å². The molecule has 3 rings (SSSR count). The number of carbonyl (C=O) groups is 2. The number of carbonyl (C=O) groups excluding carboxylic acids is 2. The Balaban J connectivity index is 1.61. The highest BCUT2D eigenvalue weighted by molar-refractivity contribution is 6.30. The van der Waals surface area contributed by atoms with E-state index in [1.807, 2.05) is 48.7 Å². The van der Waals surface area contributed by atoms with Crippen molar-refractivity contribution in [2.75, 3.05) is 13.2 Å². The fourth-order valence-corrected chi connectivity index (χ4v) is 3.32. The molecule has 1 fully saturated rings. The number of nitrogens with zero attached hydrogens (tertiary/aromatic N) is 3. The first-order chi connectivity index (χ1) is 13.8. The van der Waals surface area contributed by atoms with Crippen molar-refractivity contribution < 1.29 is 14.3 Å². The highest BCUT2D eigenvalue weighted by atomic mass is 35.5. The molecule has 7 heteroatoms. The van der Waals surface area contributed by atoms with E-state index in [1.54, 1.807) is 29.2 Å².